The molecule has 3 saturated heterocycles. The van der Waals surface area contributed by atoms with Crippen molar-refractivity contribution in [3.05, 3.63) is 120 Å². The van der Waals surface area contributed by atoms with Crippen LogP contribution in [0.3, 0.4) is 0 Å². The number of allylic oxidation sites excluding steroid dienone is 1. The Bertz CT molecular complexity index is 1780. The zero-order chi connectivity index (χ0) is 41.0. The summed E-state index contributed by atoms with van der Waals surface area (Å²) in [4.78, 5) is 38.0. The fourth-order valence-corrected chi connectivity index (χ4v) is 7.16. The lowest BCUT2D eigenvalue weighted by Crippen LogP contribution is -2.71. The van der Waals surface area contributed by atoms with Crippen molar-refractivity contribution < 1.29 is 62.1 Å². The van der Waals surface area contributed by atoms with E-state index in [9.17, 15) is 19.5 Å². The summed E-state index contributed by atoms with van der Waals surface area (Å²) in [5, 5.41) is 15.8. The lowest BCUT2D eigenvalue weighted by molar-refractivity contribution is -0.370. The van der Waals surface area contributed by atoms with E-state index in [1.54, 1.807) is 13.0 Å². The van der Waals surface area contributed by atoms with Crippen molar-refractivity contribution >= 4 is 17.8 Å². The van der Waals surface area contributed by atoms with Gasteiger partial charge >= 0.3 is 5.97 Å². The van der Waals surface area contributed by atoms with Crippen molar-refractivity contribution in [2.75, 3.05) is 13.2 Å². The highest BCUT2D eigenvalue weighted by atomic mass is 16.8. The first-order valence-electron chi connectivity index (χ1n) is 19.4. The zero-order valence-corrected chi connectivity index (χ0v) is 32.9. The molecular weight excluding hydrogens is 752 g/mol. The standard InChI is InChI=1S/C43H52N2O13/c1-5-21-51-42-35(45-28(4)47)39(54-26(2)40(48)49)37(32(55-42)24-50-22-29-15-9-6-10-16-29)58-43-34(44-27(3)46)38(52-23-30-17-11-7-12-18-30)36-33(56-43)25-53-41(57-36)31-19-13-8-14-20-31/h5-21,26,32-39,41-43H,22-25H2,1-4H3,(H,44,46)(H,45,47)(H,48,49)/b21-5+/t26-,32-,33-,34-,35-,36-,37-,38-,39-,41-,42+,43+/m1/s1. The van der Waals surface area contributed by atoms with Crippen LogP contribution in [0.1, 0.15) is 50.7 Å². The van der Waals surface area contributed by atoms with Crippen molar-refractivity contribution in [2.24, 2.45) is 0 Å². The molecule has 15 nitrogen and oxygen atoms in total. The Balaban J connectivity index is 1.37. The Morgan fingerprint density at radius 2 is 1.40 bits per heavy atom. The summed E-state index contributed by atoms with van der Waals surface area (Å²) in [5.74, 6) is -2.10. The quantitative estimate of drug-likeness (QED) is 0.166. The molecular formula is C43H52N2O13. The predicted molar refractivity (Wildman–Crippen MR) is 206 cm³/mol. The third kappa shape index (κ3) is 11.3. The van der Waals surface area contributed by atoms with E-state index in [1.807, 2.05) is 91.0 Å². The molecule has 0 aliphatic carbocycles. The van der Waals surface area contributed by atoms with Gasteiger partial charge in [0, 0.05) is 19.4 Å². The first-order valence-corrected chi connectivity index (χ1v) is 19.4. The summed E-state index contributed by atoms with van der Waals surface area (Å²) < 4.78 is 57.8. The van der Waals surface area contributed by atoms with Crippen LogP contribution in [0.5, 0.6) is 0 Å². The highest BCUT2D eigenvalue weighted by molar-refractivity contribution is 5.74. The van der Waals surface area contributed by atoms with Crippen molar-refractivity contribution in [2.45, 2.75) is 115 Å². The van der Waals surface area contributed by atoms with Gasteiger partial charge in [-0.25, -0.2) is 4.79 Å². The second kappa shape index (κ2) is 20.8. The monoisotopic (exact) mass is 804 g/mol. The number of carbonyl (C=O) groups is 3. The summed E-state index contributed by atoms with van der Waals surface area (Å²) in [6, 6.07) is 26.5. The zero-order valence-electron chi connectivity index (χ0n) is 32.9. The molecule has 3 N–H and O–H groups in total. The van der Waals surface area contributed by atoms with Gasteiger partial charge in [-0.1, -0.05) is 97.1 Å². The van der Waals surface area contributed by atoms with Gasteiger partial charge in [-0.05, 0) is 25.0 Å². The first kappa shape index (κ1) is 42.9. The summed E-state index contributed by atoms with van der Waals surface area (Å²) in [7, 11) is 0. The van der Waals surface area contributed by atoms with Crippen molar-refractivity contribution in [3.63, 3.8) is 0 Å². The van der Waals surface area contributed by atoms with Gasteiger partial charge < -0.3 is 58.4 Å². The lowest BCUT2D eigenvalue weighted by atomic mass is 9.93. The van der Waals surface area contributed by atoms with E-state index in [2.05, 4.69) is 10.6 Å². The summed E-state index contributed by atoms with van der Waals surface area (Å²) >= 11 is 0. The van der Waals surface area contributed by atoms with Gasteiger partial charge in [0.1, 0.15) is 48.7 Å². The molecule has 6 rings (SSSR count). The molecule has 3 heterocycles. The second-order valence-electron chi connectivity index (χ2n) is 14.3. The van der Waals surface area contributed by atoms with Gasteiger partial charge in [-0.3, -0.25) is 9.59 Å². The number of ether oxygens (including phenoxy) is 9. The smallest absolute Gasteiger partial charge is 0.332 e. The summed E-state index contributed by atoms with van der Waals surface area (Å²) in [6.45, 7) is 6.18. The Hall–Kier alpha value is -4.71. The van der Waals surface area contributed by atoms with Crippen LogP contribution in [-0.2, 0) is 70.2 Å². The predicted octanol–water partition coefficient (Wildman–Crippen LogP) is 4.16. The molecule has 2 amide bonds. The number of carbonyl (C=O) groups excluding carboxylic acids is 2. The molecule has 3 aromatic carbocycles. The first-order chi connectivity index (χ1) is 28.1. The van der Waals surface area contributed by atoms with Gasteiger partial charge in [-0.15, -0.1) is 0 Å². The molecule has 0 bridgehead atoms. The molecule has 0 radical (unpaired) electrons. The molecule has 0 aromatic heterocycles. The number of amides is 2. The van der Waals surface area contributed by atoms with Crippen LogP contribution in [0.4, 0.5) is 0 Å². The minimum Gasteiger partial charge on any atom is -0.479 e. The molecule has 3 aliphatic heterocycles. The Kier molecular flexibility index (Phi) is 15.4. The SMILES string of the molecule is C/C=C/O[C@H]1O[C@H](COCc2ccccc2)[C@@H](O[C@@H]2O[C@@H]3CO[C@@H](c4ccccc4)O[C@H]3[C@H](OCc3ccccc3)[C@H]2NC(C)=O)[C@H](O[C@H](C)C(=O)O)[C@H]1NC(C)=O. The number of rotatable bonds is 17. The van der Waals surface area contributed by atoms with Crippen molar-refractivity contribution in [3.8, 4) is 0 Å². The maximum Gasteiger partial charge on any atom is 0.332 e. The highest BCUT2D eigenvalue weighted by Crippen LogP contribution is 2.38. The third-order valence-electron chi connectivity index (χ3n) is 9.82. The number of nitrogens with one attached hydrogen (secondary N) is 2. The lowest BCUT2D eigenvalue weighted by Gasteiger charge is -2.52. The van der Waals surface area contributed by atoms with Crippen LogP contribution in [-0.4, -0.2) is 103 Å². The van der Waals surface area contributed by atoms with E-state index in [1.165, 1.54) is 27.0 Å². The average Bonchev–Trinajstić information content (AvgIpc) is 3.22. The number of fused-ring (bicyclic) bond motifs is 1. The second-order valence-corrected chi connectivity index (χ2v) is 14.3. The fraction of sp³-hybridized carbons (Fsp3) is 0.465. The minimum absolute atomic E-state index is 0.0775. The Morgan fingerprint density at radius 3 is 2.00 bits per heavy atom. The molecule has 3 fully saturated rings. The molecule has 312 valence electrons. The number of hydrogen-bond donors (Lipinski definition) is 3. The largest absolute Gasteiger partial charge is 0.479 e. The fourth-order valence-electron chi connectivity index (χ4n) is 7.16. The molecule has 58 heavy (non-hydrogen) atoms. The van der Waals surface area contributed by atoms with E-state index in [4.69, 9.17) is 42.6 Å². The molecule has 15 heteroatoms. The van der Waals surface area contributed by atoms with Crippen LogP contribution in [0.15, 0.2) is 103 Å². The van der Waals surface area contributed by atoms with E-state index in [-0.39, 0.29) is 26.4 Å². The Morgan fingerprint density at radius 1 is 0.793 bits per heavy atom. The molecule has 0 unspecified atom stereocenters. The minimum atomic E-state index is -1.36. The maximum atomic E-state index is 13.0. The van der Waals surface area contributed by atoms with E-state index in [0.717, 1.165) is 16.7 Å². The van der Waals surface area contributed by atoms with Gasteiger partial charge in [0.05, 0.1) is 32.7 Å². The third-order valence-corrected chi connectivity index (χ3v) is 9.82. The molecule has 12 atom stereocenters. The number of carboxylic acid groups (broad SMARTS) is 1. The molecule has 3 aromatic rings. The van der Waals surface area contributed by atoms with Crippen LogP contribution < -0.4 is 10.6 Å². The van der Waals surface area contributed by atoms with Gasteiger partial charge in [-0.2, -0.15) is 0 Å². The summed E-state index contributed by atoms with van der Waals surface area (Å²) in [6.07, 6.45) is -7.22. The number of aliphatic carboxylic acids is 1. The number of hydrogen-bond acceptors (Lipinski definition) is 12. The topological polar surface area (TPSA) is 179 Å². The Labute approximate surface area is 337 Å². The molecule has 0 saturated carbocycles. The van der Waals surface area contributed by atoms with Crippen LogP contribution in [0, 0.1) is 0 Å². The van der Waals surface area contributed by atoms with Gasteiger partial charge in [0.15, 0.2) is 18.7 Å². The maximum absolute atomic E-state index is 13.0. The normalized spacial score (nSPS) is 30.2. The van der Waals surface area contributed by atoms with Gasteiger partial charge in [0.25, 0.3) is 0 Å². The van der Waals surface area contributed by atoms with Gasteiger partial charge in [0.2, 0.25) is 18.1 Å². The summed E-state index contributed by atoms with van der Waals surface area (Å²) in [5.41, 5.74) is 2.58. The number of benzene rings is 3. The van der Waals surface area contributed by atoms with Crippen LogP contribution in [0.25, 0.3) is 0 Å². The average molecular weight is 805 g/mol. The highest BCUT2D eigenvalue weighted by Gasteiger charge is 2.56. The molecule has 0 spiro atoms. The van der Waals surface area contributed by atoms with Crippen LogP contribution in [0.2, 0.25) is 0 Å². The van der Waals surface area contributed by atoms with E-state index < -0.39 is 91.5 Å². The van der Waals surface area contributed by atoms with E-state index >= 15 is 0 Å². The van der Waals surface area contributed by atoms with E-state index in [0.29, 0.717) is 0 Å². The number of carboxylic acids is 1. The van der Waals surface area contributed by atoms with Crippen molar-refractivity contribution in [1.82, 2.24) is 10.6 Å². The van der Waals surface area contributed by atoms with Crippen LogP contribution >= 0.6 is 0 Å². The van der Waals surface area contributed by atoms with Crippen molar-refractivity contribution in [1.29, 1.82) is 0 Å². The molecule has 3 aliphatic rings.